The smallest absolute Gasteiger partial charge is 0.00672 e. The molecule has 0 aliphatic heterocycles. The average molecular weight is 273 g/mol. The van der Waals surface area contributed by atoms with E-state index < -0.39 is 0 Å². The van der Waals surface area contributed by atoms with E-state index in [-0.39, 0.29) is 0 Å². The zero-order valence-corrected chi connectivity index (χ0v) is 13.1. The Bertz CT molecular complexity index is 351. The molecule has 1 heteroatoms. The van der Waals surface area contributed by atoms with Gasteiger partial charge in [0.2, 0.25) is 0 Å². The maximum Gasteiger partial charge on any atom is 0.00672 e. The van der Waals surface area contributed by atoms with Gasteiger partial charge in [0.25, 0.3) is 0 Å². The minimum Gasteiger partial charge on any atom is -0.327 e. The van der Waals surface area contributed by atoms with Gasteiger partial charge in [-0.3, -0.25) is 0 Å². The summed E-state index contributed by atoms with van der Waals surface area (Å²) in [5.41, 5.74) is 7.88. The highest BCUT2D eigenvalue weighted by atomic mass is 14.6. The molecule has 1 aromatic rings. The standard InChI is InChI=1S/C19H31N/c1-2-7-16-12-14-18(15-13-16)19(20)11-6-10-17-8-4-3-5-9-17/h3-5,8-9,16,18-19H,2,6-7,10-15,20H2,1H3. The molecule has 0 bridgehead atoms. The zero-order chi connectivity index (χ0) is 14.2. The van der Waals surface area contributed by atoms with E-state index in [1.807, 2.05) is 0 Å². The SMILES string of the molecule is CCCC1CCC(C(N)CCCc2ccccc2)CC1. The van der Waals surface area contributed by atoms with Crippen molar-refractivity contribution in [3.05, 3.63) is 35.9 Å². The molecule has 0 aromatic heterocycles. The van der Waals surface area contributed by atoms with Gasteiger partial charge in [0, 0.05) is 6.04 Å². The largest absolute Gasteiger partial charge is 0.327 e. The molecule has 0 amide bonds. The lowest BCUT2D eigenvalue weighted by atomic mass is 9.76. The monoisotopic (exact) mass is 273 g/mol. The second kappa shape index (κ2) is 8.46. The van der Waals surface area contributed by atoms with E-state index in [1.165, 1.54) is 63.4 Å². The molecule has 0 heterocycles. The van der Waals surface area contributed by atoms with Crippen molar-refractivity contribution in [2.24, 2.45) is 17.6 Å². The lowest BCUT2D eigenvalue weighted by molar-refractivity contribution is 0.227. The first-order chi connectivity index (χ1) is 9.79. The predicted molar refractivity (Wildman–Crippen MR) is 87.7 cm³/mol. The van der Waals surface area contributed by atoms with Crippen molar-refractivity contribution < 1.29 is 0 Å². The Hall–Kier alpha value is -0.820. The summed E-state index contributed by atoms with van der Waals surface area (Å²) in [6, 6.07) is 11.2. The molecule has 1 fully saturated rings. The van der Waals surface area contributed by atoms with Gasteiger partial charge in [-0.05, 0) is 49.5 Å². The van der Waals surface area contributed by atoms with Crippen molar-refractivity contribution in [1.82, 2.24) is 0 Å². The number of nitrogens with two attached hydrogens (primary N) is 1. The van der Waals surface area contributed by atoms with E-state index in [1.54, 1.807) is 0 Å². The third-order valence-corrected chi connectivity index (χ3v) is 5.04. The summed E-state index contributed by atoms with van der Waals surface area (Å²) < 4.78 is 0. The molecule has 0 saturated heterocycles. The van der Waals surface area contributed by atoms with Crippen LogP contribution in [-0.4, -0.2) is 6.04 Å². The maximum absolute atomic E-state index is 6.43. The third-order valence-electron chi connectivity index (χ3n) is 5.04. The Morgan fingerprint density at radius 1 is 1.10 bits per heavy atom. The first kappa shape index (κ1) is 15.6. The molecule has 1 unspecified atom stereocenters. The van der Waals surface area contributed by atoms with E-state index in [9.17, 15) is 0 Å². The summed E-state index contributed by atoms with van der Waals surface area (Å²) in [4.78, 5) is 0. The second-order valence-electron chi connectivity index (χ2n) is 6.61. The van der Waals surface area contributed by atoms with E-state index in [4.69, 9.17) is 5.73 Å². The van der Waals surface area contributed by atoms with E-state index in [0.717, 1.165) is 11.8 Å². The van der Waals surface area contributed by atoms with Gasteiger partial charge in [-0.2, -0.15) is 0 Å². The van der Waals surface area contributed by atoms with Crippen molar-refractivity contribution in [3.63, 3.8) is 0 Å². The molecule has 0 radical (unpaired) electrons. The van der Waals surface area contributed by atoms with E-state index in [2.05, 4.69) is 37.3 Å². The van der Waals surface area contributed by atoms with Gasteiger partial charge in [-0.1, -0.05) is 62.9 Å². The van der Waals surface area contributed by atoms with Gasteiger partial charge in [0.1, 0.15) is 0 Å². The van der Waals surface area contributed by atoms with Crippen molar-refractivity contribution >= 4 is 0 Å². The fourth-order valence-electron chi connectivity index (χ4n) is 3.74. The fourth-order valence-corrected chi connectivity index (χ4v) is 3.74. The minimum absolute atomic E-state index is 0.432. The quantitative estimate of drug-likeness (QED) is 0.748. The molecule has 1 nitrogen and oxygen atoms in total. The Kier molecular flexibility index (Phi) is 6.59. The molecule has 1 saturated carbocycles. The Morgan fingerprint density at radius 2 is 1.80 bits per heavy atom. The molecule has 1 aliphatic carbocycles. The van der Waals surface area contributed by atoms with Gasteiger partial charge < -0.3 is 5.73 Å². The van der Waals surface area contributed by atoms with Gasteiger partial charge in [0.05, 0.1) is 0 Å². The summed E-state index contributed by atoms with van der Waals surface area (Å²) >= 11 is 0. The molecule has 20 heavy (non-hydrogen) atoms. The summed E-state index contributed by atoms with van der Waals surface area (Å²) in [6.45, 7) is 2.31. The molecule has 0 spiro atoms. The minimum atomic E-state index is 0.432. The van der Waals surface area contributed by atoms with Gasteiger partial charge in [-0.15, -0.1) is 0 Å². The van der Waals surface area contributed by atoms with Crippen LogP contribution in [0.4, 0.5) is 0 Å². The van der Waals surface area contributed by atoms with E-state index in [0.29, 0.717) is 6.04 Å². The van der Waals surface area contributed by atoms with Gasteiger partial charge in [0.15, 0.2) is 0 Å². The molecule has 112 valence electrons. The van der Waals surface area contributed by atoms with Crippen LogP contribution in [0.2, 0.25) is 0 Å². The van der Waals surface area contributed by atoms with Crippen LogP contribution in [0.25, 0.3) is 0 Å². The van der Waals surface area contributed by atoms with Crippen LogP contribution in [0.5, 0.6) is 0 Å². The van der Waals surface area contributed by atoms with Crippen molar-refractivity contribution in [3.8, 4) is 0 Å². The van der Waals surface area contributed by atoms with Gasteiger partial charge in [-0.25, -0.2) is 0 Å². The molecule has 1 atom stereocenters. The van der Waals surface area contributed by atoms with Crippen LogP contribution in [0.15, 0.2) is 30.3 Å². The average Bonchev–Trinajstić information content (AvgIpc) is 2.49. The lowest BCUT2D eigenvalue weighted by Gasteiger charge is -2.32. The Morgan fingerprint density at radius 3 is 2.45 bits per heavy atom. The molecule has 1 aromatic carbocycles. The van der Waals surface area contributed by atoms with Crippen LogP contribution < -0.4 is 5.73 Å². The number of hydrogen-bond acceptors (Lipinski definition) is 1. The predicted octanol–water partition coefficient (Wildman–Crippen LogP) is 4.94. The molecular formula is C19H31N. The number of rotatable bonds is 7. The maximum atomic E-state index is 6.43. The van der Waals surface area contributed by atoms with Crippen LogP contribution in [0.1, 0.15) is 63.9 Å². The molecule has 2 rings (SSSR count). The van der Waals surface area contributed by atoms with Crippen molar-refractivity contribution in [2.75, 3.05) is 0 Å². The normalized spacial score (nSPS) is 24.5. The highest BCUT2D eigenvalue weighted by Crippen LogP contribution is 2.33. The topological polar surface area (TPSA) is 26.0 Å². The number of benzene rings is 1. The fraction of sp³-hybridized carbons (Fsp3) is 0.684. The second-order valence-corrected chi connectivity index (χ2v) is 6.61. The van der Waals surface area contributed by atoms with Gasteiger partial charge >= 0.3 is 0 Å². The van der Waals surface area contributed by atoms with Crippen LogP contribution in [0, 0.1) is 11.8 Å². The van der Waals surface area contributed by atoms with Crippen LogP contribution in [0.3, 0.4) is 0 Å². The zero-order valence-electron chi connectivity index (χ0n) is 13.1. The number of hydrogen-bond donors (Lipinski definition) is 1. The Labute approximate surface area is 125 Å². The van der Waals surface area contributed by atoms with E-state index >= 15 is 0 Å². The van der Waals surface area contributed by atoms with Crippen LogP contribution >= 0.6 is 0 Å². The van der Waals surface area contributed by atoms with Crippen molar-refractivity contribution in [2.45, 2.75) is 70.8 Å². The molecule has 1 aliphatic rings. The highest BCUT2D eigenvalue weighted by Gasteiger charge is 2.24. The van der Waals surface area contributed by atoms with Crippen LogP contribution in [-0.2, 0) is 6.42 Å². The lowest BCUT2D eigenvalue weighted by Crippen LogP contribution is -2.33. The highest BCUT2D eigenvalue weighted by molar-refractivity contribution is 5.14. The molecule has 2 N–H and O–H groups in total. The Balaban J connectivity index is 1.64. The molecular weight excluding hydrogens is 242 g/mol. The first-order valence-electron chi connectivity index (χ1n) is 8.59. The summed E-state index contributed by atoms with van der Waals surface area (Å²) in [6.07, 6.45) is 12.0. The summed E-state index contributed by atoms with van der Waals surface area (Å²) in [5, 5.41) is 0. The first-order valence-corrected chi connectivity index (χ1v) is 8.59. The third kappa shape index (κ3) is 4.94. The summed E-state index contributed by atoms with van der Waals surface area (Å²) in [7, 11) is 0. The van der Waals surface area contributed by atoms with Crippen molar-refractivity contribution in [1.29, 1.82) is 0 Å². The summed E-state index contributed by atoms with van der Waals surface area (Å²) in [5.74, 6) is 1.78. The number of aryl methyl sites for hydroxylation is 1.